The monoisotopic (exact) mass is 274 g/mol. The van der Waals surface area contributed by atoms with Gasteiger partial charge in [0.1, 0.15) is 0 Å². The summed E-state index contributed by atoms with van der Waals surface area (Å²) in [5, 5.41) is 0.173. The van der Waals surface area contributed by atoms with Crippen molar-refractivity contribution in [1.29, 1.82) is 0 Å². The zero-order valence-corrected chi connectivity index (χ0v) is 14.8. The molecular formula is C15H34O2Si. The van der Waals surface area contributed by atoms with Crippen molar-refractivity contribution in [2.24, 2.45) is 0 Å². The molecule has 0 spiro atoms. The molecule has 2 nitrogen and oxygen atoms in total. The lowest BCUT2D eigenvalue weighted by Gasteiger charge is -2.45. The van der Waals surface area contributed by atoms with Gasteiger partial charge >= 0.3 is 8.56 Å². The molecule has 3 heteroatoms. The van der Waals surface area contributed by atoms with Crippen LogP contribution in [0.4, 0.5) is 0 Å². The summed E-state index contributed by atoms with van der Waals surface area (Å²) < 4.78 is 12.8. The second kappa shape index (κ2) is 7.66. The predicted octanol–water partition coefficient (Wildman–Crippen LogP) is 5.27. The topological polar surface area (TPSA) is 18.5 Å². The van der Waals surface area contributed by atoms with Gasteiger partial charge in [0, 0.05) is 17.2 Å². The van der Waals surface area contributed by atoms with Gasteiger partial charge in [-0.25, -0.2) is 0 Å². The first-order chi connectivity index (χ1) is 8.20. The molecule has 110 valence electrons. The van der Waals surface area contributed by atoms with E-state index in [1.165, 1.54) is 19.3 Å². The van der Waals surface area contributed by atoms with Crippen molar-refractivity contribution in [2.45, 2.75) is 97.9 Å². The molecule has 0 unspecified atom stereocenters. The maximum atomic E-state index is 6.38. The van der Waals surface area contributed by atoms with Gasteiger partial charge in [0.15, 0.2) is 0 Å². The molecule has 0 aliphatic heterocycles. The number of hydrogen-bond acceptors (Lipinski definition) is 2. The van der Waals surface area contributed by atoms with E-state index in [9.17, 15) is 0 Å². The van der Waals surface area contributed by atoms with Gasteiger partial charge in [-0.2, -0.15) is 0 Å². The molecule has 0 aromatic heterocycles. The molecule has 0 saturated carbocycles. The lowest BCUT2D eigenvalue weighted by atomic mass is 10.1. The largest absolute Gasteiger partial charge is 0.391 e. The van der Waals surface area contributed by atoms with Crippen molar-refractivity contribution >= 4 is 8.56 Å². The minimum Gasteiger partial charge on any atom is -0.391 e. The zero-order chi connectivity index (χ0) is 14.4. The Balaban J connectivity index is 5.12. The van der Waals surface area contributed by atoms with Crippen LogP contribution in [0.25, 0.3) is 0 Å². The zero-order valence-electron chi connectivity index (χ0n) is 13.8. The maximum Gasteiger partial charge on any atom is 0.344 e. The van der Waals surface area contributed by atoms with E-state index in [0.29, 0.717) is 0 Å². The molecular weight excluding hydrogens is 240 g/mol. The third-order valence-electron chi connectivity index (χ3n) is 3.50. The molecule has 0 aromatic rings. The Hall–Kier alpha value is 0.137. The van der Waals surface area contributed by atoms with Crippen molar-refractivity contribution < 1.29 is 8.85 Å². The van der Waals surface area contributed by atoms with Gasteiger partial charge in [0.2, 0.25) is 0 Å². The van der Waals surface area contributed by atoms with Crippen LogP contribution in [0.1, 0.15) is 74.7 Å². The molecule has 0 fully saturated rings. The van der Waals surface area contributed by atoms with E-state index in [1.807, 2.05) is 0 Å². The first kappa shape index (κ1) is 18.1. The van der Waals surface area contributed by atoms with E-state index in [4.69, 9.17) is 8.85 Å². The van der Waals surface area contributed by atoms with Crippen molar-refractivity contribution in [3.8, 4) is 0 Å². The van der Waals surface area contributed by atoms with Crippen LogP contribution in [0.15, 0.2) is 0 Å². The fourth-order valence-electron chi connectivity index (χ4n) is 2.56. The van der Waals surface area contributed by atoms with Crippen LogP contribution < -0.4 is 0 Å². The summed E-state index contributed by atoms with van der Waals surface area (Å²) >= 11 is 0. The van der Waals surface area contributed by atoms with Gasteiger partial charge in [-0.05, 0) is 40.2 Å². The molecule has 0 radical (unpaired) electrons. The van der Waals surface area contributed by atoms with E-state index >= 15 is 0 Å². The minimum atomic E-state index is -2.16. The molecule has 0 N–H and O–H groups in total. The fraction of sp³-hybridized carbons (Fsp3) is 1.00. The highest BCUT2D eigenvalue weighted by Gasteiger charge is 2.51. The van der Waals surface area contributed by atoms with Gasteiger partial charge in [0.25, 0.3) is 0 Å². The van der Waals surface area contributed by atoms with Crippen LogP contribution in [0, 0.1) is 0 Å². The first-order valence-corrected chi connectivity index (χ1v) is 9.58. The van der Waals surface area contributed by atoms with E-state index < -0.39 is 8.56 Å². The predicted molar refractivity (Wildman–Crippen MR) is 82.2 cm³/mol. The molecule has 0 aromatic carbocycles. The Bertz CT molecular complexity index is 215. The Morgan fingerprint density at radius 3 is 1.67 bits per heavy atom. The summed E-state index contributed by atoms with van der Waals surface area (Å²) in [6.07, 6.45) is 4.18. The quantitative estimate of drug-likeness (QED) is 0.533. The number of rotatable bonds is 9. The summed E-state index contributed by atoms with van der Waals surface area (Å²) in [6, 6.07) is 1.03. The Labute approximate surface area is 116 Å². The van der Waals surface area contributed by atoms with Crippen molar-refractivity contribution in [3.05, 3.63) is 0 Å². The number of hydrogen-bond donors (Lipinski definition) is 0. The lowest BCUT2D eigenvalue weighted by Crippen LogP contribution is -2.53. The third kappa shape index (κ3) is 5.02. The molecule has 0 bridgehead atoms. The molecule has 0 saturated heterocycles. The molecule has 0 amide bonds. The van der Waals surface area contributed by atoms with E-state index in [0.717, 1.165) is 6.04 Å². The van der Waals surface area contributed by atoms with Crippen LogP contribution >= 0.6 is 0 Å². The fourth-order valence-corrected chi connectivity index (χ4v) is 6.63. The summed E-state index contributed by atoms with van der Waals surface area (Å²) in [4.78, 5) is 0. The average Bonchev–Trinajstić information content (AvgIpc) is 2.23. The van der Waals surface area contributed by atoms with Gasteiger partial charge in [-0.3, -0.25) is 0 Å². The standard InChI is InChI=1S/C15H34O2Si/c1-9-11-12-15(7,8)18(10-2,16-13(3)4)17-14(5)6/h13-14H,9-12H2,1-8H3. The van der Waals surface area contributed by atoms with Crippen molar-refractivity contribution in [2.75, 3.05) is 0 Å². The summed E-state index contributed by atoms with van der Waals surface area (Å²) in [5.41, 5.74) is 0. The highest BCUT2D eigenvalue weighted by molar-refractivity contribution is 6.70. The van der Waals surface area contributed by atoms with E-state index in [-0.39, 0.29) is 17.2 Å². The molecule has 18 heavy (non-hydrogen) atoms. The maximum absolute atomic E-state index is 6.38. The summed E-state index contributed by atoms with van der Waals surface area (Å²) in [6.45, 7) is 17.6. The van der Waals surface area contributed by atoms with E-state index in [1.54, 1.807) is 0 Å². The molecule has 0 rings (SSSR count). The summed E-state index contributed by atoms with van der Waals surface area (Å²) in [5.74, 6) is 0. The highest BCUT2D eigenvalue weighted by Crippen LogP contribution is 2.46. The molecule has 0 heterocycles. The smallest absolute Gasteiger partial charge is 0.344 e. The van der Waals surface area contributed by atoms with Gasteiger partial charge in [-0.15, -0.1) is 0 Å². The van der Waals surface area contributed by atoms with Crippen molar-refractivity contribution in [3.63, 3.8) is 0 Å². The van der Waals surface area contributed by atoms with Crippen LogP contribution in [0.5, 0.6) is 0 Å². The molecule has 0 aliphatic carbocycles. The van der Waals surface area contributed by atoms with E-state index in [2.05, 4.69) is 55.4 Å². The highest BCUT2D eigenvalue weighted by atomic mass is 28.4. The van der Waals surface area contributed by atoms with Gasteiger partial charge in [0.05, 0.1) is 0 Å². The normalized spacial score (nSPS) is 13.7. The Morgan fingerprint density at radius 2 is 1.39 bits per heavy atom. The van der Waals surface area contributed by atoms with Crippen LogP contribution in [0.3, 0.4) is 0 Å². The van der Waals surface area contributed by atoms with Crippen LogP contribution in [-0.2, 0) is 8.85 Å². The second-order valence-electron chi connectivity index (χ2n) is 6.43. The van der Waals surface area contributed by atoms with Crippen LogP contribution in [0.2, 0.25) is 11.1 Å². The van der Waals surface area contributed by atoms with Crippen LogP contribution in [-0.4, -0.2) is 20.8 Å². The Morgan fingerprint density at radius 1 is 0.944 bits per heavy atom. The third-order valence-corrected chi connectivity index (χ3v) is 8.45. The summed E-state index contributed by atoms with van der Waals surface area (Å²) in [7, 11) is -2.16. The van der Waals surface area contributed by atoms with Gasteiger partial charge < -0.3 is 8.85 Å². The number of unbranched alkanes of at least 4 members (excludes halogenated alkanes) is 1. The average molecular weight is 275 g/mol. The molecule has 0 aliphatic rings. The SMILES string of the molecule is CCCCC(C)(C)[Si](CC)(OC(C)C)OC(C)C. The first-order valence-electron chi connectivity index (χ1n) is 7.56. The Kier molecular flexibility index (Phi) is 7.72. The lowest BCUT2D eigenvalue weighted by molar-refractivity contribution is 0.0848. The minimum absolute atomic E-state index is 0.173. The molecule has 0 atom stereocenters. The van der Waals surface area contributed by atoms with Gasteiger partial charge in [-0.1, -0.05) is 40.5 Å². The second-order valence-corrected chi connectivity index (χ2v) is 10.5. The van der Waals surface area contributed by atoms with Crippen molar-refractivity contribution in [1.82, 2.24) is 0 Å².